The third kappa shape index (κ3) is 4.28. The molecule has 148 valence electrons. The number of nitrogens with zero attached hydrogens (tertiary/aromatic N) is 2. The first-order valence-electron chi connectivity index (χ1n) is 9.91. The molecule has 2 aromatic rings. The van der Waals surface area contributed by atoms with Crippen LogP contribution in [0.1, 0.15) is 5.56 Å². The van der Waals surface area contributed by atoms with E-state index in [1.165, 1.54) is 6.07 Å². The summed E-state index contributed by atoms with van der Waals surface area (Å²) < 4.78 is 19.6. The van der Waals surface area contributed by atoms with Crippen molar-refractivity contribution in [1.82, 2.24) is 10.2 Å². The van der Waals surface area contributed by atoms with E-state index in [-0.39, 0.29) is 17.6 Å². The predicted molar refractivity (Wildman–Crippen MR) is 107 cm³/mol. The van der Waals surface area contributed by atoms with Gasteiger partial charge >= 0.3 is 0 Å². The molecule has 0 bridgehead atoms. The van der Waals surface area contributed by atoms with Gasteiger partial charge in [-0.2, -0.15) is 0 Å². The number of nitrogens with one attached hydrogen (secondary N) is 1. The largest absolute Gasteiger partial charge is 0.492 e. The molecule has 2 aromatic carbocycles. The first-order valence-corrected chi connectivity index (χ1v) is 9.91. The second-order valence-electron chi connectivity index (χ2n) is 7.39. The number of para-hydroxylation sites is 2. The zero-order valence-electron chi connectivity index (χ0n) is 15.9. The van der Waals surface area contributed by atoms with Gasteiger partial charge in [0.25, 0.3) is 0 Å². The fourth-order valence-electron chi connectivity index (χ4n) is 3.90. The van der Waals surface area contributed by atoms with Crippen molar-refractivity contribution in [2.45, 2.75) is 6.42 Å². The smallest absolute Gasteiger partial charge is 0.226 e. The van der Waals surface area contributed by atoms with Crippen LogP contribution in [0.15, 0.2) is 48.5 Å². The van der Waals surface area contributed by atoms with Crippen LogP contribution in [0.4, 0.5) is 10.1 Å². The van der Waals surface area contributed by atoms with Gasteiger partial charge in [-0.15, -0.1) is 0 Å². The van der Waals surface area contributed by atoms with Crippen molar-refractivity contribution >= 4 is 11.6 Å². The van der Waals surface area contributed by atoms with Gasteiger partial charge in [-0.25, -0.2) is 4.39 Å². The van der Waals surface area contributed by atoms with Crippen LogP contribution in [0.5, 0.6) is 5.75 Å². The van der Waals surface area contributed by atoms with Gasteiger partial charge in [0.1, 0.15) is 18.2 Å². The Kier molecular flexibility index (Phi) is 5.76. The predicted octanol–water partition coefficient (Wildman–Crippen LogP) is 2.32. The van der Waals surface area contributed by atoms with E-state index in [0.29, 0.717) is 18.8 Å². The van der Waals surface area contributed by atoms with E-state index >= 15 is 0 Å². The molecule has 1 atom stereocenters. The summed E-state index contributed by atoms with van der Waals surface area (Å²) in [6.45, 7) is 5.18. The van der Waals surface area contributed by atoms with E-state index in [4.69, 9.17) is 4.74 Å². The van der Waals surface area contributed by atoms with E-state index in [1.807, 2.05) is 36.4 Å². The van der Waals surface area contributed by atoms with Crippen molar-refractivity contribution in [1.29, 1.82) is 0 Å². The van der Waals surface area contributed by atoms with Crippen LogP contribution < -0.4 is 15.0 Å². The summed E-state index contributed by atoms with van der Waals surface area (Å²) in [5.41, 5.74) is 1.77. The third-order valence-corrected chi connectivity index (χ3v) is 5.54. The van der Waals surface area contributed by atoms with E-state index in [1.54, 1.807) is 6.07 Å². The molecule has 2 aliphatic rings. The van der Waals surface area contributed by atoms with E-state index in [0.717, 1.165) is 50.5 Å². The van der Waals surface area contributed by atoms with E-state index in [9.17, 15) is 9.18 Å². The number of rotatable bonds is 5. The molecule has 2 heterocycles. The summed E-state index contributed by atoms with van der Waals surface area (Å²) >= 11 is 0. The maximum Gasteiger partial charge on any atom is 0.226 e. The number of anilines is 1. The van der Waals surface area contributed by atoms with Gasteiger partial charge in [0.05, 0.1) is 11.6 Å². The number of carbonyl (C=O) groups excluding carboxylic acids is 1. The fraction of sp³-hybridized carbons (Fsp3) is 0.409. The molecule has 0 radical (unpaired) electrons. The highest BCUT2D eigenvalue weighted by atomic mass is 19.1. The van der Waals surface area contributed by atoms with Crippen molar-refractivity contribution in [3.8, 4) is 5.75 Å². The van der Waals surface area contributed by atoms with Crippen LogP contribution in [0.3, 0.4) is 0 Å². The minimum atomic E-state index is -0.167. The maximum absolute atomic E-state index is 13.9. The Hall–Kier alpha value is -2.60. The maximum atomic E-state index is 13.9. The van der Waals surface area contributed by atoms with Gasteiger partial charge in [0.2, 0.25) is 5.91 Å². The zero-order chi connectivity index (χ0) is 19.3. The Bertz CT molecular complexity index is 821. The molecule has 28 heavy (non-hydrogen) atoms. The monoisotopic (exact) mass is 383 g/mol. The first kappa shape index (κ1) is 18.7. The van der Waals surface area contributed by atoms with Crippen molar-refractivity contribution in [2.24, 2.45) is 5.92 Å². The Morgan fingerprint density at radius 1 is 1.07 bits per heavy atom. The molecule has 2 aliphatic heterocycles. The second-order valence-corrected chi connectivity index (χ2v) is 7.39. The van der Waals surface area contributed by atoms with Crippen LogP contribution >= 0.6 is 0 Å². The molecule has 0 unspecified atom stereocenters. The van der Waals surface area contributed by atoms with Crippen LogP contribution in [-0.4, -0.2) is 56.7 Å². The van der Waals surface area contributed by atoms with Crippen molar-refractivity contribution in [3.05, 3.63) is 59.9 Å². The molecule has 0 aliphatic carbocycles. The van der Waals surface area contributed by atoms with E-state index in [2.05, 4.69) is 15.1 Å². The topological polar surface area (TPSA) is 44.8 Å². The van der Waals surface area contributed by atoms with Gasteiger partial charge in [0.15, 0.2) is 0 Å². The summed E-state index contributed by atoms with van der Waals surface area (Å²) in [7, 11) is 0. The number of hydrogen-bond donors (Lipinski definition) is 1. The van der Waals surface area contributed by atoms with Crippen molar-refractivity contribution < 1.29 is 13.9 Å². The number of carbonyl (C=O) groups is 1. The normalized spacial score (nSPS) is 19.6. The number of hydrogen-bond acceptors (Lipinski definition) is 4. The first-order chi connectivity index (χ1) is 13.7. The zero-order valence-corrected chi connectivity index (χ0v) is 15.9. The fourth-order valence-corrected chi connectivity index (χ4v) is 3.90. The highest BCUT2D eigenvalue weighted by molar-refractivity contribution is 5.79. The van der Waals surface area contributed by atoms with Crippen LogP contribution in [0.2, 0.25) is 0 Å². The summed E-state index contributed by atoms with van der Waals surface area (Å²) in [6.07, 6.45) is 0.726. The van der Waals surface area contributed by atoms with Gasteiger partial charge in [-0.1, -0.05) is 30.3 Å². The molecule has 4 rings (SSSR count). The van der Waals surface area contributed by atoms with Crippen LogP contribution in [0, 0.1) is 11.7 Å². The Morgan fingerprint density at radius 3 is 2.64 bits per heavy atom. The molecule has 0 spiro atoms. The summed E-state index contributed by atoms with van der Waals surface area (Å²) in [6, 6.07) is 14.8. The number of fused-ring (bicyclic) bond motifs is 1. The molecule has 0 saturated carbocycles. The summed E-state index contributed by atoms with van der Waals surface area (Å²) in [5, 5.41) is 3.05. The Labute approximate surface area is 165 Å². The van der Waals surface area contributed by atoms with Gasteiger partial charge in [-0.3, -0.25) is 9.69 Å². The number of halogens is 1. The lowest BCUT2D eigenvalue weighted by molar-refractivity contribution is -0.126. The SMILES string of the molecule is O=C(NCCN1CCN(c2ccccc2F)CC1)[C@H]1COc2ccccc2C1. The number of amides is 1. The molecule has 6 heteroatoms. The minimum Gasteiger partial charge on any atom is -0.492 e. The van der Waals surface area contributed by atoms with Crippen molar-refractivity contribution in [3.63, 3.8) is 0 Å². The molecule has 5 nitrogen and oxygen atoms in total. The number of piperazine rings is 1. The lowest BCUT2D eigenvalue weighted by atomic mass is 9.96. The Balaban J connectivity index is 1.19. The Morgan fingerprint density at radius 2 is 1.82 bits per heavy atom. The average Bonchev–Trinajstić information content (AvgIpc) is 2.74. The van der Waals surface area contributed by atoms with Gasteiger partial charge in [0, 0.05) is 39.3 Å². The lowest BCUT2D eigenvalue weighted by Gasteiger charge is -2.36. The average molecular weight is 383 g/mol. The summed E-state index contributed by atoms with van der Waals surface area (Å²) in [5.74, 6) is 0.645. The molecule has 1 N–H and O–H groups in total. The van der Waals surface area contributed by atoms with Gasteiger partial charge < -0.3 is 15.0 Å². The van der Waals surface area contributed by atoms with Crippen molar-refractivity contribution in [2.75, 3.05) is 50.8 Å². The number of ether oxygens (including phenoxy) is 1. The molecule has 1 amide bonds. The molecule has 1 fully saturated rings. The highest BCUT2D eigenvalue weighted by Crippen LogP contribution is 2.26. The summed E-state index contributed by atoms with van der Waals surface area (Å²) in [4.78, 5) is 16.9. The van der Waals surface area contributed by atoms with E-state index < -0.39 is 0 Å². The van der Waals surface area contributed by atoms with Gasteiger partial charge in [-0.05, 0) is 30.2 Å². The highest BCUT2D eigenvalue weighted by Gasteiger charge is 2.26. The quantitative estimate of drug-likeness (QED) is 0.861. The van der Waals surface area contributed by atoms with Crippen LogP contribution in [-0.2, 0) is 11.2 Å². The van der Waals surface area contributed by atoms with Crippen LogP contribution in [0.25, 0.3) is 0 Å². The molecule has 1 saturated heterocycles. The standard InChI is InChI=1S/C22H26FN3O2/c23-19-6-2-3-7-20(19)26-13-11-25(12-14-26)10-9-24-22(27)18-15-17-5-1-4-8-21(17)28-16-18/h1-8,18H,9-16H2,(H,24,27)/t18-/m1/s1. The molecule has 0 aromatic heterocycles. The second kappa shape index (κ2) is 8.61. The molecular formula is C22H26FN3O2. The lowest BCUT2D eigenvalue weighted by Crippen LogP contribution is -2.49. The number of benzene rings is 2. The molecular weight excluding hydrogens is 357 g/mol. The third-order valence-electron chi connectivity index (χ3n) is 5.54. The minimum absolute atomic E-state index is 0.0551.